The molecule has 0 spiro atoms. The Labute approximate surface area is 282 Å². The molecule has 0 unspecified atom stereocenters. The molecular formula is C35H31BrClN3O5S. The quantitative estimate of drug-likeness (QED) is 0.160. The SMILES string of the molecule is CCOC(=O)C1=C(C)N=c2s/c(=C/c3cn(Cc4ccccc4Cl)c4ccccc34)c(=O)n2[C@H]1c1cc(OC)c(OCC)cc1Br. The van der Waals surface area contributed by atoms with Gasteiger partial charge >= 0.3 is 5.97 Å². The number of halogens is 2. The van der Waals surface area contributed by atoms with Crippen molar-refractivity contribution in [3.05, 3.63) is 124 Å². The zero-order valence-electron chi connectivity index (χ0n) is 25.7. The highest BCUT2D eigenvalue weighted by Gasteiger charge is 2.35. The van der Waals surface area contributed by atoms with E-state index in [0.717, 1.165) is 22.0 Å². The Morgan fingerprint density at radius 2 is 1.85 bits per heavy atom. The van der Waals surface area contributed by atoms with Gasteiger partial charge < -0.3 is 18.8 Å². The van der Waals surface area contributed by atoms with Gasteiger partial charge in [0.15, 0.2) is 16.3 Å². The number of allylic oxidation sites excluding steroid dienone is 1. The molecule has 46 heavy (non-hydrogen) atoms. The van der Waals surface area contributed by atoms with Crippen LogP contribution in [0.1, 0.15) is 43.5 Å². The third kappa shape index (κ3) is 5.81. The topological polar surface area (TPSA) is 84.1 Å². The maximum Gasteiger partial charge on any atom is 0.338 e. The van der Waals surface area contributed by atoms with Crippen LogP contribution >= 0.6 is 38.9 Å². The third-order valence-corrected chi connectivity index (χ3v) is 9.84. The first-order chi connectivity index (χ1) is 22.2. The number of nitrogens with zero attached hydrogens (tertiary/aromatic N) is 3. The summed E-state index contributed by atoms with van der Waals surface area (Å²) in [5.41, 5.74) is 4.03. The van der Waals surface area contributed by atoms with Gasteiger partial charge in [0.25, 0.3) is 5.56 Å². The molecule has 0 aliphatic carbocycles. The number of carbonyl (C=O) groups is 1. The van der Waals surface area contributed by atoms with Crippen molar-refractivity contribution in [2.24, 2.45) is 4.99 Å². The number of benzene rings is 3. The van der Waals surface area contributed by atoms with Crippen LogP contribution in [-0.2, 0) is 16.1 Å². The highest BCUT2D eigenvalue weighted by atomic mass is 79.9. The van der Waals surface area contributed by atoms with E-state index >= 15 is 0 Å². The van der Waals surface area contributed by atoms with E-state index in [1.54, 1.807) is 37.7 Å². The van der Waals surface area contributed by atoms with Crippen molar-refractivity contribution < 1.29 is 19.0 Å². The van der Waals surface area contributed by atoms with Gasteiger partial charge in [-0.2, -0.15) is 0 Å². The second kappa shape index (κ2) is 13.3. The number of carbonyl (C=O) groups excluding carboxylic acids is 1. The van der Waals surface area contributed by atoms with Crippen LogP contribution in [0.25, 0.3) is 17.0 Å². The fourth-order valence-corrected chi connectivity index (χ4v) is 7.52. The van der Waals surface area contributed by atoms with Crippen LogP contribution in [0, 0.1) is 0 Å². The van der Waals surface area contributed by atoms with Gasteiger partial charge in [0.1, 0.15) is 0 Å². The molecule has 3 heterocycles. The van der Waals surface area contributed by atoms with E-state index < -0.39 is 12.0 Å². The lowest BCUT2D eigenvalue weighted by Crippen LogP contribution is -2.40. The maximum absolute atomic E-state index is 14.4. The molecule has 8 nitrogen and oxygen atoms in total. The van der Waals surface area contributed by atoms with Crippen molar-refractivity contribution >= 4 is 61.8 Å². The number of para-hydroxylation sites is 1. The van der Waals surface area contributed by atoms with Crippen molar-refractivity contribution in [3.8, 4) is 11.5 Å². The predicted molar refractivity (Wildman–Crippen MR) is 185 cm³/mol. The largest absolute Gasteiger partial charge is 0.493 e. The lowest BCUT2D eigenvalue weighted by Gasteiger charge is -2.26. The highest BCUT2D eigenvalue weighted by molar-refractivity contribution is 9.10. The normalized spacial score (nSPS) is 14.7. The second-order valence-electron chi connectivity index (χ2n) is 10.6. The minimum absolute atomic E-state index is 0.179. The smallest absolute Gasteiger partial charge is 0.338 e. The van der Waals surface area contributed by atoms with E-state index in [4.69, 9.17) is 30.8 Å². The lowest BCUT2D eigenvalue weighted by molar-refractivity contribution is -0.139. The number of ether oxygens (including phenoxy) is 3. The molecule has 0 radical (unpaired) electrons. The number of esters is 1. The Bertz CT molecular complexity index is 2200. The van der Waals surface area contributed by atoms with Gasteiger partial charge in [-0.25, -0.2) is 9.79 Å². The third-order valence-electron chi connectivity index (χ3n) is 7.80. The number of hydrogen-bond acceptors (Lipinski definition) is 7. The summed E-state index contributed by atoms with van der Waals surface area (Å²) in [7, 11) is 1.55. The number of fused-ring (bicyclic) bond motifs is 2. The summed E-state index contributed by atoms with van der Waals surface area (Å²) in [6.07, 6.45) is 3.93. The standard InChI is InChI=1S/C35H31BrClN3O5S/c1-5-44-29-17-25(36)24(16-28(29)43-4)32-31(34(42)45-6-2)20(3)38-35-40(32)33(41)30(46-35)15-22-19-39(27-14-10-8-12-23(22)27)18-21-11-7-9-13-26(21)37/h7-17,19,32H,5-6,18H2,1-4H3/b30-15+/t32-/m0/s1. The van der Waals surface area contributed by atoms with E-state index in [-0.39, 0.29) is 17.7 Å². The van der Waals surface area contributed by atoms with Crippen LogP contribution in [0.3, 0.4) is 0 Å². The van der Waals surface area contributed by atoms with Crippen LogP contribution in [0.5, 0.6) is 11.5 Å². The monoisotopic (exact) mass is 719 g/mol. The highest BCUT2D eigenvalue weighted by Crippen LogP contribution is 2.41. The maximum atomic E-state index is 14.4. The molecule has 11 heteroatoms. The van der Waals surface area contributed by atoms with Crippen LogP contribution in [0.2, 0.25) is 5.02 Å². The summed E-state index contributed by atoms with van der Waals surface area (Å²) in [6.45, 7) is 6.59. The summed E-state index contributed by atoms with van der Waals surface area (Å²) >= 11 is 11.5. The zero-order chi connectivity index (χ0) is 32.5. The van der Waals surface area contributed by atoms with Crippen LogP contribution in [-0.4, -0.2) is 35.4 Å². The van der Waals surface area contributed by atoms with Crippen molar-refractivity contribution in [1.29, 1.82) is 0 Å². The zero-order valence-corrected chi connectivity index (χ0v) is 28.8. The number of rotatable bonds is 9. The van der Waals surface area contributed by atoms with Gasteiger partial charge in [0, 0.05) is 38.7 Å². The molecule has 5 aromatic rings. The molecular weight excluding hydrogens is 690 g/mol. The van der Waals surface area contributed by atoms with Crippen LogP contribution in [0.15, 0.2) is 92.4 Å². The molecule has 0 saturated carbocycles. The van der Waals surface area contributed by atoms with Gasteiger partial charge in [-0.15, -0.1) is 0 Å². The molecule has 0 saturated heterocycles. The van der Waals surface area contributed by atoms with Gasteiger partial charge in [0.2, 0.25) is 0 Å². The van der Waals surface area contributed by atoms with E-state index in [1.807, 2.05) is 61.7 Å². The van der Waals surface area contributed by atoms with Crippen molar-refractivity contribution in [2.75, 3.05) is 20.3 Å². The molecule has 0 amide bonds. The Hall–Kier alpha value is -4.12. The molecule has 2 aromatic heterocycles. The number of hydrogen-bond donors (Lipinski definition) is 0. The average molecular weight is 721 g/mol. The summed E-state index contributed by atoms with van der Waals surface area (Å²) in [5, 5.41) is 1.69. The summed E-state index contributed by atoms with van der Waals surface area (Å²) < 4.78 is 21.7. The first-order valence-electron chi connectivity index (χ1n) is 14.8. The molecule has 0 fully saturated rings. The molecule has 1 aliphatic rings. The molecule has 0 N–H and O–H groups in total. The first kappa shape index (κ1) is 31.8. The Kier molecular flexibility index (Phi) is 9.22. The van der Waals surface area contributed by atoms with E-state index in [1.165, 1.54) is 11.3 Å². The van der Waals surface area contributed by atoms with E-state index in [0.29, 0.717) is 54.7 Å². The van der Waals surface area contributed by atoms with Crippen LogP contribution < -0.4 is 24.4 Å². The average Bonchev–Trinajstić information content (AvgIpc) is 3.54. The van der Waals surface area contributed by atoms with Crippen molar-refractivity contribution in [1.82, 2.24) is 9.13 Å². The van der Waals surface area contributed by atoms with Gasteiger partial charge in [-0.3, -0.25) is 9.36 Å². The second-order valence-corrected chi connectivity index (χ2v) is 12.9. The predicted octanol–water partition coefficient (Wildman–Crippen LogP) is 6.62. The Morgan fingerprint density at radius 3 is 2.59 bits per heavy atom. The summed E-state index contributed by atoms with van der Waals surface area (Å²) in [4.78, 5) is 33.0. The molecule has 0 bridgehead atoms. The molecule has 1 aliphatic heterocycles. The van der Waals surface area contributed by atoms with Gasteiger partial charge in [0.05, 0.1) is 42.2 Å². The fourth-order valence-electron chi connectivity index (χ4n) is 5.75. The van der Waals surface area contributed by atoms with Crippen molar-refractivity contribution in [3.63, 3.8) is 0 Å². The van der Waals surface area contributed by atoms with E-state index in [2.05, 4.69) is 26.6 Å². The van der Waals surface area contributed by atoms with Crippen molar-refractivity contribution in [2.45, 2.75) is 33.4 Å². The summed E-state index contributed by atoms with van der Waals surface area (Å²) in [5.74, 6) is 0.483. The van der Waals surface area contributed by atoms with Gasteiger partial charge in [-0.05, 0) is 62.2 Å². The molecule has 236 valence electrons. The number of thiazole rings is 1. The fraction of sp³-hybridized carbons (Fsp3) is 0.229. The lowest BCUT2D eigenvalue weighted by atomic mass is 9.95. The minimum Gasteiger partial charge on any atom is -0.493 e. The van der Waals surface area contributed by atoms with Gasteiger partial charge in [-0.1, -0.05) is 75.3 Å². The van der Waals surface area contributed by atoms with E-state index in [9.17, 15) is 9.59 Å². The molecule has 1 atom stereocenters. The first-order valence-corrected chi connectivity index (χ1v) is 16.8. The number of methoxy groups -OCH3 is 1. The summed E-state index contributed by atoms with van der Waals surface area (Å²) in [6, 6.07) is 18.6. The Morgan fingerprint density at radius 1 is 1.09 bits per heavy atom. The molecule has 6 rings (SSSR count). The molecule has 3 aromatic carbocycles. The Balaban J connectivity index is 1.55. The number of aromatic nitrogens is 2. The minimum atomic E-state index is -0.821. The van der Waals surface area contributed by atoms with Crippen LogP contribution in [0.4, 0.5) is 0 Å².